The molecule has 4 heteroatoms. The minimum absolute atomic E-state index is 0.0281. The third-order valence-electron chi connectivity index (χ3n) is 1.87. The van der Waals surface area contributed by atoms with Gasteiger partial charge in [0.1, 0.15) is 6.61 Å². The minimum Gasteiger partial charge on any atom is -0.444 e. The van der Waals surface area contributed by atoms with E-state index in [4.69, 9.17) is 4.74 Å². The Morgan fingerprint density at radius 3 is 2.85 bits per heavy atom. The van der Waals surface area contributed by atoms with E-state index in [0.717, 1.165) is 17.7 Å². The molecule has 1 saturated heterocycles. The third-order valence-corrected chi connectivity index (χ3v) is 1.87. The molecule has 0 atom stereocenters. The average Bonchev–Trinajstić information content (AvgIpc) is 2.12. The molecule has 0 saturated carbocycles. The van der Waals surface area contributed by atoms with E-state index < -0.39 is 6.09 Å². The highest BCUT2D eigenvalue weighted by atomic mass is 16.6. The summed E-state index contributed by atoms with van der Waals surface area (Å²) in [6.45, 7) is 5.97. The van der Waals surface area contributed by atoms with Gasteiger partial charge in [0.25, 0.3) is 5.91 Å². The zero-order valence-electron chi connectivity index (χ0n) is 7.71. The molecule has 0 bridgehead atoms. The number of hydrogen-bond donors (Lipinski definition) is 0. The summed E-state index contributed by atoms with van der Waals surface area (Å²) < 4.78 is 4.74. The number of rotatable bonds is 3. The van der Waals surface area contributed by atoms with Gasteiger partial charge in [0.15, 0.2) is 0 Å². The fourth-order valence-corrected chi connectivity index (χ4v) is 1.07. The predicted molar refractivity (Wildman–Crippen MR) is 47.1 cm³/mol. The third kappa shape index (κ3) is 2.08. The number of cyclic esters (lactones) is 1. The van der Waals surface area contributed by atoms with Crippen molar-refractivity contribution in [1.82, 2.24) is 4.90 Å². The quantitative estimate of drug-likeness (QED) is 0.620. The molecule has 0 aromatic heterocycles. The van der Waals surface area contributed by atoms with Gasteiger partial charge in [0.2, 0.25) is 0 Å². The van der Waals surface area contributed by atoms with Gasteiger partial charge in [-0.15, -0.1) is 0 Å². The Kier molecular flexibility index (Phi) is 3.06. The maximum atomic E-state index is 11.4. The van der Waals surface area contributed by atoms with E-state index in [0.29, 0.717) is 12.1 Å². The first-order valence-electron chi connectivity index (χ1n) is 4.33. The summed E-state index contributed by atoms with van der Waals surface area (Å²) >= 11 is 0. The van der Waals surface area contributed by atoms with Crippen LogP contribution in [0.3, 0.4) is 0 Å². The Morgan fingerprint density at radius 1 is 1.54 bits per heavy atom. The second-order valence-corrected chi connectivity index (χ2v) is 2.97. The molecule has 0 unspecified atom stereocenters. The summed E-state index contributed by atoms with van der Waals surface area (Å²) in [5.41, 5.74) is 0.343. The molecule has 1 heterocycles. The largest absolute Gasteiger partial charge is 0.444 e. The first-order chi connectivity index (χ1) is 6.16. The summed E-state index contributed by atoms with van der Waals surface area (Å²) in [6, 6.07) is 0. The van der Waals surface area contributed by atoms with Crippen LogP contribution in [-0.4, -0.2) is 30.1 Å². The normalized spacial score (nSPS) is 17.6. The number of carbonyl (C=O) groups excluding carboxylic acids is 2. The lowest BCUT2D eigenvalue weighted by Crippen LogP contribution is -2.43. The Balaban J connectivity index is 2.61. The van der Waals surface area contributed by atoms with E-state index in [1.165, 1.54) is 0 Å². The minimum atomic E-state index is -0.550. The Labute approximate surface area is 77.2 Å². The van der Waals surface area contributed by atoms with Crippen LogP contribution in [0.2, 0.25) is 0 Å². The van der Waals surface area contributed by atoms with Crippen molar-refractivity contribution in [2.75, 3.05) is 13.2 Å². The van der Waals surface area contributed by atoms with E-state index in [1.54, 1.807) is 0 Å². The standard InChI is InChI=1S/C9H13NO3/c1-3-4-5-10-8(11)7(2)6-13-9(10)12/h2-6H2,1H3. The SMILES string of the molecule is C=C1COC(=O)N(CCCC)C1=O. The van der Waals surface area contributed by atoms with Gasteiger partial charge < -0.3 is 4.74 Å². The van der Waals surface area contributed by atoms with Crippen molar-refractivity contribution in [3.8, 4) is 0 Å². The Bertz CT molecular complexity index is 247. The van der Waals surface area contributed by atoms with Gasteiger partial charge in [-0.25, -0.2) is 9.69 Å². The van der Waals surface area contributed by atoms with E-state index in [2.05, 4.69) is 6.58 Å². The summed E-state index contributed by atoms with van der Waals surface area (Å²) in [5, 5.41) is 0. The van der Waals surface area contributed by atoms with E-state index in [9.17, 15) is 9.59 Å². The van der Waals surface area contributed by atoms with Crippen LogP contribution in [0.1, 0.15) is 19.8 Å². The van der Waals surface area contributed by atoms with Crippen LogP contribution in [0, 0.1) is 0 Å². The summed E-state index contributed by atoms with van der Waals surface area (Å²) in [7, 11) is 0. The molecule has 1 aliphatic rings. The monoisotopic (exact) mass is 183 g/mol. The van der Waals surface area contributed by atoms with Gasteiger partial charge in [0.05, 0.1) is 0 Å². The maximum absolute atomic E-state index is 11.4. The van der Waals surface area contributed by atoms with Crippen LogP contribution in [0.5, 0.6) is 0 Å². The van der Waals surface area contributed by atoms with Crippen molar-refractivity contribution < 1.29 is 14.3 Å². The van der Waals surface area contributed by atoms with Crippen molar-refractivity contribution >= 4 is 12.0 Å². The maximum Gasteiger partial charge on any atom is 0.417 e. The van der Waals surface area contributed by atoms with Gasteiger partial charge in [-0.2, -0.15) is 0 Å². The first kappa shape index (κ1) is 9.77. The molecule has 0 aromatic carbocycles. The molecule has 13 heavy (non-hydrogen) atoms. The molecule has 4 nitrogen and oxygen atoms in total. The molecule has 0 radical (unpaired) electrons. The predicted octanol–water partition coefficient (Wildman–Crippen LogP) is 1.32. The number of ether oxygens (including phenoxy) is 1. The molecule has 1 rings (SSSR count). The Hall–Kier alpha value is -1.32. The molecule has 1 aliphatic heterocycles. The lowest BCUT2D eigenvalue weighted by atomic mass is 10.2. The first-order valence-corrected chi connectivity index (χ1v) is 4.33. The van der Waals surface area contributed by atoms with Crippen LogP contribution < -0.4 is 0 Å². The summed E-state index contributed by atoms with van der Waals surface area (Å²) in [6.07, 6.45) is 1.18. The molecular formula is C9H13NO3. The Morgan fingerprint density at radius 2 is 2.23 bits per heavy atom. The molecular weight excluding hydrogens is 170 g/mol. The number of unbranched alkanes of at least 4 members (excludes halogenated alkanes) is 1. The number of carbonyl (C=O) groups is 2. The van der Waals surface area contributed by atoms with Gasteiger partial charge >= 0.3 is 6.09 Å². The van der Waals surface area contributed by atoms with Crippen LogP contribution in [0.15, 0.2) is 12.2 Å². The molecule has 72 valence electrons. The molecule has 2 amide bonds. The van der Waals surface area contributed by atoms with Gasteiger partial charge in [0, 0.05) is 12.1 Å². The molecule has 1 fully saturated rings. The van der Waals surface area contributed by atoms with Crippen LogP contribution in [0.25, 0.3) is 0 Å². The lowest BCUT2D eigenvalue weighted by Gasteiger charge is -2.25. The van der Waals surface area contributed by atoms with E-state index in [1.807, 2.05) is 6.92 Å². The highest BCUT2D eigenvalue weighted by Crippen LogP contribution is 2.11. The van der Waals surface area contributed by atoms with E-state index in [-0.39, 0.29) is 12.5 Å². The average molecular weight is 183 g/mol. The fourth-order valence-electron chi connectivity index (χ4n) is 1.07. The highest BCUT2D eigenvalue weighted by Gasteiger charge is 2.29. The number of hydrogen-bond acceptors (Lipinski definition) is 3. The van der Waals surface area contributed by atoms with Crippen molar-refractivity contribution in [2.45, 2.75) is 19.8 Å². The number of amides is 2. The number of nitrogens with zero attached hydrogens (tertiary/aromatic N) is 1. The smallest absolute Gasteiger partial charge is 0.417 e. The topological polar surface area (TPSA) is 46.6 Å². The molecule has 0 aliphatic carbocycles. The second kappa shape index (κ2) is 4.07. The van der Waals surface area contributed by atoms with Crippen molar-refractivity contribution in [2.24, 2.45) is 0 Å². The molecule has 0 N–H and O–H groups in total. The number of imide groups is 1. The van der Waals surface area contributed by atoms with Gasteiger partial charge in [-0.05, 0) is 6.42 Å². The van der Waals surface area contributed by atoms with Crippen LogP contribution in [-0.2, 0) is 9.53 Å². The second-order valence-electron chi connectivity index (χ2n) is 2.97. The highest BCUT2D eigenvalue weighted by molar-refractivity contribution is 6.04. The van der Waals surface area contributed by atoms with E-state index >= 15 is 0 Å². The fraction of sp³-hybridized carbons (Fsp3) is 0.556. The van der Waals surface area contributed by atoms with Crippen LogP contribution >= 0.6 is 0 Å². The van der Waals surface area contributed by atoms with Gasteiger partial charge in [-0.3, -0.25) is 4.79 Å². The van der Waals surface area contributed by atoms with Crippen molar-refractivity contribution in [3.63, 3.8) is 0 Å². The lowest BCUT2D eigenvalue weighted by molar-refractivity contribution is -0.128. The summed E-state index contributed by atoms with van der Waals surface area (Å²) in [4.78, 5) is 23.6. The molecule has 0 spiro atoms. The van der Waals surface area contributed by atoms with Gasteiger partial charge in [-0.1, -0.05) is 19.9 Å². The van der Waals surface area contributed by atoms with Crippen molar-refractivity contribution in [3.05, 3.63) is 12.2 Å². The zero-order chi connectivity index (χ0) is 9.84. The van der Waals surface area contributed by atoms with Crippen molar-refractivity contribution in [1.29, 1.82) is 0 Å². The van der Waals surface area contributed by atoms with Crippen LogP contribution in [0.4, 0.5) is 4.79 Å². The zero-order valence-corrected chi connectivity index (χ0v) is 7.71. The molecule has 0 aromatic rings. The summed E-state index contributed by atoms with van der Waals surface area (Å²) in [5.74, 6) is -0.301.